The lowest BCUT2D eigenvalue weighted by molar-refractivity contribution is -0.124. The van der Waals surface area contributed by atoms with Gasteiger partial charge in [-0.1, -0.05) is 45.8 Å². The fraction of sp³-hybridized carbons (Fsp3) is 0.846. The highest BCUT2D eigenvalue weighted by Gasteiger charge is 2.27. The number of thiocarbonyl (C=S) groups is 1. The predicted molar refractivity (Wildman–Crippen MR) is 74.6 cm³/mol. The minimum absolute atomic E-state index is 0.00778. The molecule has 17 heavy (non-hydrogen) atoms. The number of hydrogen-bond donors (Lipinski definition) is 2. The Labute approximate surface area is 110 Å². The standard InChI is InChI=1S/C13H24N2OS/c1-8(2)11(12(14)17)13(16)15-7-10-6-4-5-9(10)3/h8-11H,4-7H2,1-3H3,(H2,14,17)(H,15,16). The van der Waals surface area contributed by atoms with Crippen LogP contribution in [0.1, 0.15) is 40.0 Å². The quantitative estimate of drug-likeness (QED) is 0.741. The first-order valence-electron chi connectivity index (χ1n) is 6.50. The maximum Gasteiger partial charge on any atom is 0.230 e. The number of carbonyl (C=O) groups is 1. The molecule has 3 N–H and O–H groups in total. The lowest BCUT2D eigenvalue weighted by Crippen LogP contribution is -2.42. The average Bonchev–Trinajstić information content (AvgIpc) is 2.59. The zero-order valence-corrected chi connectivity index (χ0v) is 11.8. The summed E-state index contributed by atoms with van der Waals surface area (Å²) in [5.74, 6) is 1.16. The molecule has 3 atom stereocenters. The minimum atomic E-state index is -0.332. The molecule has 1 amide bonds. The van der Waals surface area contributed by atoms with Gasteiger partial charge in [0.05, 0.1) is 10.9 Å². The van der Waals surface area contributed by atoms with Crippen molar-refractivity contribution in [3.8, 4) is 0 Å². The van der Waals surface area contributed by atoms with Crippen molar-refractivity contribution in [1.29, 1.82) is 0 Å². The van der Waals surface area contributed by atoms with E-state index in [1.54, 1.807) is 0 Å². The second-order valence-corrected chi connectivity index (χ2v) is 6.01. The van der Waals surface area contributed by atoms with Gasteiger partial charge in [0.1, 0.15) is 0 Å². The van der Waals surface area contributed by atoms with Crippen molar-refractivity contribution in [3.63, 3.8) is 0 Å². The topological polar surface area (TPSA) is 55.1 Å². The number of rotatable bonds is 5. The summed E-state index contributed by atoms with van der Waals surface area (Å²) in [5, 5.41) is 3.01. The normalized spacial score (nSPS) is 25.9. The molecule has 1 saturated carbocycles. The van der Waals surface area contributed by atoms with E-state index in [0.29, 0.717) is 10.9 Å². The molecule has 0 bridgehead atoms. The van der Waals surface area contributed by atoms with Crippen LogP contribution in [0.15, 0.2) is 0 Å². The highest BCUT2D eigenvalue weighted by atomic mass is 32.1. The lowest BCUT2D eigenvalue weighted by atomic mass is 9.94. The Kier molecular flexibility index (Phi) is 5.37. The van der Waals surface area contributed by atoms with Gasteiger partial charge in [0.25, 0.3) is 0 Å². The molecule has 0 spiro atoms. The summed E-state index contributed by atoms with van der Waals surface area (Å²) >= 11 is 4.96. The van der Waals surface area contributed by atoms with Gasteiger partial charge in [-0.3, -0.25) is 4.79 Å². The molecule has 0 aromatic heterocycles. The summed E-state index contributed by atoms with van der Waals surface area (Å²) in [6, 6.07) is 0. The SMILES string of the molecule is CC(C)C(C(=O)NCC1CCCC1C)C(N)=S. The Morgan fingerprint density at radius 2 is 2.12 bits per heavy atom. The van der Waals surface area contributed by atoms with Gasteiger partial charge in [-0.15, -0.1) is 0 Å². The van der Waals surface area contributed by atoms with Crippen LogP contribution in [0.5, 0.6) is 0 Å². The molecule has 4 heteroatoms. The Balaban J connectivity index is 2.45. The Morgan fingerprint density at radius 3 is 2.53 bits per heavy atom. The molecular weight excluding hydrogens is 232 g/mol. The third-order valence-corrected chi connectivity index (χ3v) is 4.09. The van der Waals surface area contributed by atoms with Gasteiger partial charge in [-0.05, 0) is 24.2 Å². The van der Waals surface area contributed by atoms with Crippen LogP contribution < -0.4 is 11.1 Å². The van der Waals surface area contributed by atoms with E-state index in [2.05, 4.69) is 12.2 Å². The summed E-state index contributed by atoms with van der Waals surface area (Å²) in [6.45, 7) is 6.98. The molecule has 98 valence electrons. The van der Waals surface area contributed by atoms with E-state index in [4.69, 9.17) is 18.0 Å². The molecule has 3 unspecified atom stereocenters. The van der Waals surface area contributed by atoms with E-state index in [9.17, 15) is 4.79 Å². The number of carbonyl (C=O) groups excluding carboxylic acids is 1. The van der Waals surface area contributed by atoms with Gasteiger partial charge in [-0.2, -0.15) is 0 Å². The second kappa shape index (κ2) is 6.34. The Bertz CT molecular complexity index is 291. The Morgan fingerprint density at radius 1 is 1.47 bits per heavy atom. The summed E-state index contributed by atoms with van der Waals surface area (Å²) in [5.41, 5.74) is 5.62. The molecule has 3 nitrogen and oxygen atoms in total. The first kappa shape index (κ1) is 14.4. The highest BCUT2D eigenvalue weighted by Crippen LogP contribution is 2.30. The number of amides is 1. The van der Waals surface area contributed by atoms with Crippen LogP contribution in [-0.2, 0) is 4.79 Å². The zero-order chi connectivity index (χ0) is 13.0. The van der Waals surface area contributed by atoms with Gasteiger partial charge in [-0.25, -0.2) is 0 Å². The van der Waals surface area contributed by atoms with Crippen LogP contribution >= 0.6 is 12.2 Å². The van der Waals surface area contributed by atoms with E-state index >= 15 is 0 Å². The van der Waals surface area contributed by atoms with Gasteiger partial charge in [0.15, 0.2) is 0 Å². The van der Waals surface area contributed by atoms with Gasteiger partial charge >= 0.3 is 0 Å². The van der Waals surface area contributed by atoms with Crippen LogP contribution in [-0.4, -0.2) is 17.4 Å². The maximum atomic E-state index is 12.0. The fourth-order valence-electron chi connectivity index (χ4n) is 2.63. The van der Waals surface area contributed by atoms with Crippen LogP contribution in [0.4, 0.5) is 0 Å². The largest absolute Gasteiger partial charge is 0.393 e. The van der Waals surface area contributed by atoms with Gasteiger partial charge in [0, 0.05) is 6.54 Å². The molecule has 0 radical (unpaired) electrons. The lowest BCUT2D eigenvalue weighted by Gasteiger charge is -2.21. The van der Waals surface area contributed by atoms with Crippen LogP contribution in [0.25, 0.3) is 0 Å². The van der Waals surface area contributed by atoms with Crippen LogP contribution in [0, 0.1) is 23.7 Å². The summed E-state index contributed by atoms with van der Waals surface area (Å²) in [7, 11) is 0. The molecule has 1 rings (SSSR count). The van der Waals surface area contributed by atoms with Gasteiger partial charge < -0.3 is 11.1 Å². The molecular formula is C13H24N2OS. The van der Waals surface area contributed by atoms with E-state index in [1.165, 1.54) is 19.3 Å². The van der Waals surface area contributed by atoms with Crippen molar-refractivity contribution < 1.29 is 4.79 Å². The van der Waals surface area contributed by atoms with E-state index in [0.717, 1.165) is 12.5 Å². The van der Waals surface area contributed by atoms with Gasteiger partial charge in [0.2, 0.25) is 5.91 Å². The molecule has 0 aromatic rings. The fourth-order valence-corrected chi connectivity index (χ4v) is 3.01. The molecule has 0 saturated heterocycles. The van der Waals surface area contributed by atoms with E-state index in [-0.39, 0.29) is 17.7 Å². The first-order valence-corrected chi connectivity index (χ1v) is 6.91. The molecule has 1 fully saturated rings. The van der Waals surface area contributed by atoms with Crippen LogP contribution in [0.2, 0.25) is 0 Å². The van der Waals surface area contributed by atoms with Crippen molar-refractivity contribution in [2.24, 2.45) is 29.4 Å². The van der Waals surface area contributed by atoms with E-state index < -0.39 is 0 Å². The third kappa shape index (κ3) is 3.95. The molecule has 0 aromatic carbocycles. The molecule has 1 aliphatic carbocycles. The summed E-state index contributed by atoms with van der Waals surface area (Å²) in [6.07, 6.45) is 3.79. The summed E-state index contributed by atoms with van der Waals surface area (Å²) in [4.78, 5) is 12.3. The maximum absolute atomic E-state index is 12.0. The first-order chi connectivity index (χ1) is 7.93. The molecule has 0 aliphatic heterocycles. The van der Waals surface area contributed by atoms with Crippen molar-refractivity contribution in [2.75, 3.05) is 6.54 Å². The number of nitrogens with one attached hydrogen (secondary N) is 1. The van der Waals surface area contributed by atoms with Crippen LogP contribution in [0.3, 0.4) is 0 Å². The minimum Gasteiger partial charge on any atom is -0.393 e. The predicted octanol–water partition coefficient (Wildman–Crippen LogP) is 2.10. The summed E-state index contributed by atoms with van der Waals surface area (Å²) < 4.78 is 0. The number of nitrogens with two attached hydrogens (primary N) is 1. The smallest absolute Gasteiger partial charge is 0.230 e. The number of hydrogen-bond acceptors (Lipinski definition) is 2. The molecule has 1 aliphatic rings. The second-order valence-electron chi connectivity index (χ2n) is 5.54. The molecule has 0 heterocycles. The van der Waals surface area contributed by atoms with Crippen molar-refractivity contribution in [1.82, 2.24) is 5.32 Å². The highest BCUT2D eigenvalue weighted by molar-refractivity contribution is 7.80. The third-order valence-electron chi connectivity index (χ3n) is 3.83. The van der Waals surface area contributed by atoms with Crippen molar-refractivity contribution >= 4 is 23.1 Å². The van der Waals surface area contributed by atoms with E-state index in [1.807, 2.05) is 13.8 Å². The average molecular weight is 256 g/mol. The zero-order valence-electron chi connectivity index (χ0n) is 11.0. The van der Waals surface area contributed by atoms with Crippen molar-refractivity contribution in [3.05, 3.63) is 0 Å². The Hall–Kier alpha value is -0.640. The van der Waals surface area contributed by atoms with Crippen molar-refractivity contribution in [2.45, 2.75) is 40.0 Å². The monoisotopic (exact) mass is 256 g/mol.